The first kappa shape index (κ1) is 23.4. The summed E-state index contributed by atoms with van der Waals surface area (Å²) in [5.41, 5.74) is 5.12. The molecular weight excluding hydrogens is 428 g/mol. The zero-order chi connectivity index (χ0) is 22.5. The van der Waals surface area contributed by atoms with Gasteiger partial charge >= 0.3 is 0 Å². The van der Waals surface area contributed by atoms with E-state index in [0.29, 0.717) is 33.2 Å². The highest BCUT2D eigenvalue weighted by Gasteiger charge is 2.22. The smallest absolute Gasteiger partial charge is 0.260 e. The lowest BCUT2D eigenvalue weighted by atomic mass is 10.1. The van der Waals surface area contributed by atoms with Gasteiger partial charge in [-0.05, 0) is 49.2 Å². The minimum Gasteiger partial charge on any atom is -0.326 e. The number of carbonyl (C=O) groups is 2. The van der Waals surface area contributed by atoms with Crippen molar-refractivity contribution in [2.75, 3.05) is 22.4 Å². The molecule has 0 bridgehead atoms. The second-order valence-corrected chi connectivity index (χ2v) is 9.04. The topological polar surface area (TPSA) is 108 Å². The molecule has 2 N–H and O–H groups in total. The van der Waals surface area contributed by atoms with Gasteiger partial charge in [0.2, 0.25) is 15.9 Å². The average Bonchev–Trinajstić information content (AvgIpc) is 2.65. The molecule has 2 aromatic carbocycles. The number of aryl methyl sites for hydroxylation is 1. The number of nitrogens with zero attached hydrogens (tertiary/aromatic N) is 2. The Bertz CT molecular complexity index is 1100. The van der Waals surface area contributed by atoms with E-state index in [1.54, 1.807) is 50.2 Å². The Kier molecular flexibility index (Phi) is 7.58. The summed E-state index contributed by atoms with van der Waals surface area (Å²) in [5.74, 6) is -0.815. The molecule has 0 atom stereocenters. The first-order valence-corrected chi connectivity index (χ1v) is 11.1. The molecule has 2 amide bonds. The maximum absolute atomic E-state index is 12.4. The van der Waals surface area contributed by atoms with Crippen LogP contribution in [0.5, 0.6) is 0 Å². The van der Waals surface area contributed by atoms with Crippen LogP contribution in [0.4, 0.5) is 11.4 Å². The number of benzene rings is 2. The van der Waals surface area contributed by atoms with E-state index in [1.165, 1.54) is 13.0 Å². The fraction of sp³-hybridized carbons (Fsp3) is 0.250. The average molecular weight is 451 g/mol. The van der Waals surface area contributed by atoms with Gasteiger partial charge in [0.25, 0.3) is 5.91 Å². The summed E-state index contributed by atoms with van der Waals surface area (Å²) in [4.78, 5) is 23.6. The van der Waals surface area contributed by atoms with E-state index in [9.17, 15) is 18.0 Å². The van der Waals surface area contributed by atoms with Crippen LogP contribution >= 0.6 is 11.6 Å². The van der Waals surface area contributed by atoms with Crippen molar-refractivity contribution in [1.82, 2.24) is 5.43 Å². The lowest BCUT2D eigenvalue weighted by molar-refractivity contribution is -0.119. The fourth-order valence-corrected chi connectivity index (χ4v) is 3.71. The number of amides is 2. The SMILES string of the molecule is CC(=O)Nc1cccc(/C(C)=N\NC(=O)CN(c2cc(Cl)ccc2C)S(C)(=O)=O)c1. The molecule has 0 spiro atoms. The van der Waals surface area contributed by atoms with Crippen molar-refractivity contribution in [2.24, 2.45) is 5.10 Å². The zero-order valence-corrected chi connectivity index (χ0v) is 18.6. The Balaban J connectivity index is 2.18. The summed E-state index contributed by atoms with van der Waals surface area (Å²) in [6.07, 6.45) is 1.02. The number of hydrogen-bond acceptors (Lipinski definition) is 5. The van der Waals surface area contributed by atoms with Gasteiger partial charge in [0, 0.05) is 17.6 Å². The van der Waals surface area contributed by atoms with E-state index in [2.05, 4.69) is 15.8 Å². The first-order chi connectivity index (χ1) is 14.0. The molecule has 0 heterocycles. The van der Waals surface area contributed by atoms with Crippen LogP contribution in [-0.4, -0.2) is 38.7 Å². The third-order valence-electron chi connectivity index (χ3n) is 4.08. The van der Waals surface area contributed by atoms with E-state index >= 15 is 0 Å². The van der Waals surface area contributed by atoms with E-state index < -0.39 is 22.5 Å². The number of halogens is 1. The minimum absolute atomic E-state index is 0.202. The molecule has 0 unspecified atom stereocenters. The molecule has 30 heavy (non-hydrogen) atoms. The van der Waals surface area contributed by atoms with Crippen LogP contribution in [0, 0.1) is 6.92 Å². The van der Waals surface area contributed by atoms with Crippen molar-refractivity contribution in [3.05, 3.63) is 58.6 Å². The molecule has 0 fully saturated rings. The molecule has 0 aromatic heterocycles. The van der Waals surface area contributed by atoms with Crippen molar-refractivity contribution in [2.45, 2.75) is 20.8 Å². The summed E-state index contributed by atoms with van der Waals surface area (Å²) in [7, 11) is -3.73. The molecule has 0 aliphatic carbocycles. The largest absolute Gasteiger partial charge is 0.326 e. The maximum atomic E-state index is 12.4. The van der Waals surface area contributed by atoms with Gasteiger partial charge in [-0.1, -0.05) is 29.8 Å². The molecular formula is C20H23ClN4O4S. The number of anilines is 2. The third-order valence-corrected chi connectivity index (χ3v) is 5.44. The Morgan fingerprint density at radius 2 is 1.83 bits per heavy atom. The number of hydrogen-bond donors (Lipinski definition) is 2. The molecule has 0 aliphatic heterocycles. The molecule has 10 heteroatoms. The predicted octanol–water partition coefficient (Wildman–Crippen LogP) is 2.91. The van der Waals surface area contributed by atoms with E-state index in [4.69, 9.17) is 11.6 Å². The highest BCUT2D eigenvalue weighted by Crippen LogP contribution is 2.26. The lowest BCUT2D eigenvalue weighted by Gasteiger charge is -2.23. The quantitative estimate of drug-likeness (QED) is 0.499. The molecule has 2 aromatic rings. The van der Waals surface area contributed by atoms with E-state index in [1.807, 2.05) is 0 Å². The van der Waals surface area contributed by atoms with Crippen LogP contribution < -0.4 is 15.0 Å². The zero-order valence-electron chi connectivity index (χ0n) is 17.1. The molecule has 0 radical (unpaired) electrons. The van der Waals surface area contributed by atoms with Gasteiger partial charge in [-0.25, -0.2) is 13.8 Å². The van der Waals surface area contributed by atoms with Gasteiger partial charge in [-0.2, -0.15) is 5.10 Å². The van der Waals surface area contributed by atoms with Gasteiger partial charge in [-0.15, -0.1) is 0 Å². The normalized spacial score (nSPS) is 11.7. The number of nitrogens with one attached hydrogen (secondary N) is 2. The van der Waals surface area contributed by atoms with Crippen molar-refractivity contribution >= 4 is 50.5 Å². The Labute approximate surface area is 181 Å². The minimum atomic E-state index is -3.73. The van der Waals surface area contributed by atoms with Crippen molar-refractivity contribution in [3.63, 3.8) is 0 Å². The van der Waals surface area contributed by atoms with Gasteiger partial charge in [-0.3, -0.25) is 13.9 Å². The summed E-state index contributed by atoms with van der Waals surface area (Å²) >= 11 is 5.99. The van der Waals surface area contributed by atoms with Gasteiger partial charge in [0.15, 0.2) is 0 Å². The van der Waals surface area contributed by atoms with Crippen LogP contribution in [0.25, 0.3) is 0 Å². The van der Waals surface area contributed by atoms with Crippen LogP contribution in [0.2, 0.25) is 5.02 Å². The number of sulfonamides is 1. The maximum Gasteiger partial charge on any atom is 0.260 e. The number of hydrazone groups is 1. The fourth-order valence-electron chi connectivity index (χ4n) is 2.63. The van der Waals surface area contributed by atoms with E-state index in [-0.39, 0.29) is 5.91 Å². The molecule has 2 rings (SSSR count). The van der Waals surface area contributed by atoms with Crippen LogP contribution in [0.3, 0.4) is 0 Å². The molecule has 0 aliphatic rings. The van der Waals surface area contributed by atoms with Crippen LogP contribution in [0.1, 0.15) is 25.0 Å². The molecule has 8 nitrogen and oxygen atoms in total. The monoisotopic (exact) mass is 450 g/mol. The number of carbonyl (C=O) groups excluding carboxylic acids is 2. The van der Waals surface area contributed by atoms with Crippen LogP contribution in [0.15, 0.2) is 47.6 Å². The third kappa shape index (κ3) is 6.57. The molecule has 0 saturated carbocycles. The molecule has 0 saturated heterocycles. The van der Waals surface area contributed by atoms with E-state index in [0.717, 1.165) is 10.6 Å². The summed E-state index contributed by atoms with van der Waals surface area (Å²) < 4.78 is 25.5. The highest BCUT2D eigenvalue weighted by atomic mass is 35.5. The van der Waals surface area contributed by atoms with Crippen molar-refractivity contribution in [1.29, 1.82) is 0 Å². The standard InChI is InChI=1S/C20H23ClN4O4S/c1-13-8-9-17(21)11-19(13)25(30(4,28)29)12-20(27)24-23-14(2)16-6-5-7-18(10-16)22-15(3)26/h5-11H,12H2,1-4H3,(H,22,26)(H,24,27)/b23-14-. The first-order valence-electron chi connectivity index (χ1n) is 8.92. The summed E-state index contributed by atoms with van der Waals surface area (Å²) in [6.45, 7) is 4.36. The second kappa shape index (κ2) is 9.73. The van der Waals surface area contributed by atoms with Crippen molar-refractivity contribution < 1.29 is 18.0 Å². The number of rotatable bonds is 7. The summed E-state index contributed by atoms with van der Waals surface area (Å²) in [5, 5.41) is 7.07. The molecule has 160 valence electrons. The van der Waals surface area contributed by atoms with Gasteiger partial charge in [0.05, 0.1) is 17.7 Å². The van der Waals surface area contributed by atoms with Gasteiger partial charge in [0.1, 0.15) is 6.54 Å². The summed E-state index contributed by atoms with van der Waals surface area (Å²) in [6, 6.07) is 11.8. The Morgan fingerprint density at radius 3 is 2.47 bits per heavy atom. The lowest BCUT2D eigenvalue weighted by Crippen LogP contribution is -2.39. The van der Waals surface area contributed by atoms with Crippen molar-refractivity contribution in [3.8, 4) is 0 Å². The van der Waals surface area contributed by atoms with Crippen LogP contribution in [-0.2, 0) is 19.6 Å². The second-order valence-electron chi connectivity index (χ2n) is 6.69. The Hall–Kier alpha value is -2.91. The predicted molar refractivity (Wildman–Crippen MR) is 119 cm³/mol. The van der Waals surface area contributed by atoms with Gasteiger partial charge < -0.3 is 5.32 Å². The Morgan fingerprint density at radius 1 is 1.13 bits per heavy atom. The highest BCUT2D eigenvalue weighted by molar-refractivity contribution is 7.92.